The van der Waals surface area contributed by atoms with Crippen molar-refractivity contribution in [3.05, 3.63) is 65.9 Å². The van der Waals surface area contributed by atoms with Gasteiger partial charge in [0.15, 0.2) is 0 Å². The van der Waals surface area contributed by atoms with Crippen molar-refractivity contribution in [2.45, 2.75) is 56.0 Å². The van der Waals surface area contributed by atoms with Gasteiger partial charge in [-0.25, -0.2) is 0 Å². The van der Waals surface area contributed by atoms with Crippen LogP contribution in [-0.4, -0.2) is 24.7 Å². The molecule has 0 spiro atoms. The predicted molar refractivity (Wildman–Crippen MR) is 121 cm³/mol. The van der Waals surface area contributed by atoms with Gasteiger partial charge in [-0.3, -0.25) is 0 Å². The van der Waals surface area contributed by atoms with Crippen LogP contribution in [0, 0.1) is 0 Å². The maximum atomic E-state index is 5.54. The molecule has 2 aromatic rings. The Labute approximate surface area is 186 Å². The molecule has 1 heterocycles. The zero-order valence-corrected chi connectivity index (χ0v) is 21.2. The first-order valence-corrected chi connectivity index (χ1v) is 15.0. The Hall–Kier alpha value is -1.33. The number of allylic oxidation sites excluding steroid dienone is 2. The Morgan fingerprint density at radius 3 is 2.45 bits per heavy atom. The fraction of sp³-hybridized carbons (Fsp3) is 0.417. The van der Waals surface area contributed by atoms with Crippen LogP contribution >= 0.6 is 0 Å². The quantitative estimate of drug-likeness (QED) is 0.524. The molecule has 0 bridgehead atoms. The topological polar surface area (TPSA) is 15.7 Å². The molecule has 29 heavy (non-hydrogen) atoms. The molecule has 2 atom stereocenters. The molecule has 0 saturated carbocycles. The molecule has 152 valence electrons. The molecule has 0 saturated heterocycles. The van der Waals surface area contributed by atoms with Crippen LogP contribution < -0.4 is 9.64 Å². The number of nitrogens with zero attached hydrogens (tertiary/aromatic N) is 2. The van der Waals surface area contributed by atoms with E-state index < -0.39 is 8.96 Å². The van der Waals surface area contributed by atoms with Gasteiger partial charge in [0.1, 0.15) is 0 Å². The summed E-state index contributed by atoms with van der Waals surface area (Å²) in [6.07, 6.45) is 3.87. The van der Waals surface area contributed by atoms with Crippen LogP contribution in [0.3, 0.4) is 0 Å². The molecule has 0 fully saturated rings. The first kappa shape index (κ1) is 20.9. The second kappa shape index (κ2) is 8.07. The van der Waals surface area contributed by atoms with Crippen molar-refractivity contribution in [2.75, 3.05) is 12.0 Å². The van der Waals surface area contributed by atoms with Crippen molar-refractivity contribution in [2.24, 2.45) is 0 Å². The second-order valence-electron chi connectivity index (χ2n) is 9.35. The van der Waals surface area contributed by atoms with E-state index in [4.69, 9.17) is 4.74 Å². The first-order chi connectivity index (χ1) is 13.8. The number of hydrogen-bond donors (Lipinski definition) is 0. The maximum absolute atomic E-state index is 5.54. The molecular formula is C24H32N2OSiTi. The summed E-state index contributed by atoms with van der Waals surface area (Å²) in [6.45, 7) is 12.1. The molecule has 2 aromatic carbocycles. The fourth-order valence-electron chi connectivity index (χ4n) is 4.81. The third kappa shape index (κ3) is 4.00. The van der Waals surface area contributed by atoms with Crippen LogP contribution in [0.1, 0.15) is 38.7 Å². The number of ether oxygens (including phenoxy) is 1. The zero-order chi connectivity index (χ0) is 20.8. The van der Waals surface area contributed by atoms with E-state index in [1.54, 1.807) is 7.11 Å². The number of methoxy groups -OCH3 is 1. The molecule has 0 amide bonds. The van der Waals surface area contributed by atoms with Crippen molar-refractivity contribution < 1.29 is 24.1 Å². The molecule has 3 nitrogen and oxygen atoms in total. The summed E-state index contributed by atoms with van der Waals surface area (Å²) < 4.78 is 9.17. The number of para-hydroxylation sites is 1. The van der Waals surface area contributed by atoms with Crippen molar-refractivity contribution in [3.63, 3.8) is 0 Å². The Bertz CT molecular complexity index is 907. The van der Waals surface area contributed by atoms with Gasteiger partial charge in [0.05, 0.1) is 0 Å². The van der Waals surface area contributed by atoms with E-state index in [1.807, 2.05) is 0 Å². The van der Waals surface area contributed by atoms with Crippen LogP contribution in [0.25, 0.3) is 0 Å². The average molecular weight is 440 g/mol. The number of rotatable bonds is 5. The van der Waals surface area contributed by atoms with E-state index in [-0.39, 0.29) is 19.4 Å². The molecule has 2 aliphatic rings. The summed E-state index contributed by atoms with van der Waals surface area (Å²) in [6, 6.07) is 17.4. The Morgan fingerprint density at radius 2 is 1.83 bits per heavy atom. The van der Waals surface area contributed by atoms with Crippen LogP contribution in [0.2, 0.25) is 17.3 Å². The first-order valence-electron chi connectivity index (χ1n) is 10.6. The summed E-state index contributed by atoms with van der Waals surface area (Å²) in [7, 11) is 0.929. The Morgan fingerprint density at radius 1 is 1.10 bits per heavy atom. The number of fused-ring (bicyclic) bond motifs is 3. The van der Waals surface area contributed by atoms with Crippen LogP contribution in [0.5, 0.6) is 5.75 Å². The van der Waals surface area contributed by atoms with Gasteiger partial charge in [0.2, 0.25) is 0 Å². The molecular weight excluding hydrogens is 408 g/mol. The van der Waals surface area contributed by atoms with Gasteiger partial charge >= 0.3 is 187 Å². The van der Waals surface area contributed by atoms with Crippen molar-refractivity contribution in [1.29, 1.82) is 0 Å². The molecule has 0 aromatic heterocycles. The van der Waals surface area contributed by atoms with Gasteiger partial charge in [-0.2, -0.15) is 0 Å². The molecule has 4 rings (SSSR count). The van der Waals surface area contributed by atoms with E-state index in [9.17, 15) is 0 Å². The Balaban J connectivity index is 1.71. The van der Waals surface area contributed by atoms with Crippen molar-refractivity contribution in [3.8, 4) is 5.75 Å². The number of anilines is 2. The zero-order valence-electron chi connectivity index (χ0n) is 18.4. The van der Waals surface area contributed by atoms with E-state index in [0.29, 0.717) is 11.5 Å². The summed E-state index contributed by atoms with van der Waals surface area (Å²) in [5.41, 5.74) is 5.77. The van der Waals surface area contributed by atoms with E-state index >= 15 is 0 Å². The minimum absolute atomic E-state index is 0.186. The van der Waals surface area contributed by atoms with Crippen molar-refractivity contribution in [1.82, 2.24) is 3.05 Å². The average Bonchev–Trinajstić information content (AvgIpc) is 3.21. The summed E-state index contributed by atoms with van der Waals surface area (Å²) in [5, 5.41) is 0. The Kier molecular flexibility index (Phi) is 5.82. The third-order valence-corrected chi connectivity index (χ3v) is 13.4. The van der Waals surface area contributed by atoms with Crippen molar-refractivity contribution >= 4 is 20.3 Å². The van der Waals surface area contributed by atoms with E-state index in [0.717, 1.165) is 9.97 Å². The van der Waals surface area contributed by atoms with Gasteiger partial charge in [0, 0.05) is 0 Å². The molecule has 1 aliphatic carbocycles. The minimum atomic E-state index is -0.823. The monoisotopic (exact) mass is 440 g/mol. The van der Waals surface area contributed by atoms with Crippen LogP contribution in [0.4, 0.5) is 11.4 Å². The van der Waals surface area contributed by atoms with Crippen LogP contribution in [-0.2, 0) is 19.4 Å². The van der Waals surface area contributed by atoms with Crippen LogP contribution in [0.15, 0.2) is 60.3 Å². The SMILES string of the molecule is COc1ccc2c(c1)N(c1ccccc1)C1=C[CH]([Ti][N]([SiH](C)C)C(C)(C)C)CC12. The summed E-state index contributed by atoms with van der Waals surface area (Å²) >= 11 is -0.186. The van der Waals surface area contributed by atoms with Gasteiger partial charge in [0.25, 0.3) is 0 Å². The van der Waals surface area contributed by atoms with Gasteiger partial charge < -0.3 is 0 Å². The second-order valence-corrected chi connectivity index (χ2v) is 15.2. The summed E-state index contributed by atoms with van der Waals surface area (Å²) in [5.74, 6) is 1.44. The fourth-order valence-corrected chi connectivity index (χ4v) is 10.9. The number of hydrogen-bond acceptors (Lipinski definition) is 3. The van der Waals surface area contributed by atoms with Gasteiger partial charge in [-0.05, 0) is 0 Å². The van der Waals surface area contributed by atoms with E-state index in [2.05, 4.69) is 96.4 Å². The standard InChI is InChI=1S/C18H16NO.C6H16NSi.Ti/c1-20-14-10-11-16-15-8-5-9-17(15)19(18(16)12-14)13-6-3-2-4-7-13;1-6(2,3)7-8(4)5;/h2-7,9-12,15H,8H2,1H3;8H,1-5H3;/q;-1;+1. The summed E-state index contributed by atoms with van der Waals surface area (Å²) in [4.78, 5) is 2.48. The van der Waals surface area contributed by atoms with Gasteiger partial charge in [-0.15, -0.1) is 0 Å². The van der Waals surface area contributed by atoms with Gasteiger partial charge in [-0.1, -0.05) is 0 Å². The van der Waals surface area contributed by atoms with E-state index in [1.165, 1.54) is 29.1 Å². The predicted octanol–water partition coefficient (Wildman–Crippen LogP) is 6.09. The normalized spacial score (nSPS) is 20.7. The molecule has 5 heteroatoms. The third-order valence-electron chi connectivity index (χ3n) is 5.89. The molecule has 0 radical (unpaired) electrons. The molecule has 0 N–H and O–H groups in total. The molecule has 2 unspecified atom stereocenters. The number of benzene rings is 2. The molecule has 1 aliphatic heterocycles.